The molecule has 0 aliphatic heterocycles. The van der Waals surface area contributed by atoms with Crippen molar-refractivity contribution in [3.63, 3.8) is 0 Å². The van der Waals surface area contributed by atoms with Crippen LogP contribution in [0.1, 0.15) is 31.7 Å². The summed E-state index contributed by atoms with van der Waals surface area (Å²) >= 11 is 0. The Hall–Kier alpha value is -1.76. The van der Waals surface area contributed by atoms with E-state index in [1.165, 1.54) is 19.3 Å². The van der Waals surface area contributed by atoms with Crippen LogP contribution in [0.2, 0.25) is 0 Å². The molecule has 0 atom stereocenters. The van der Waals surface area contributed by atoms with Crippen molar-refractivity contribution >= 4 is 11.5 Å². The lowest BCUT2D eigenvalue weighted by molar-refractivity contribution is 0.318. The zero-order chi connectivity index (χ0) is 12.3. The molecule has 0 aromatic carbocycles. The van der Waals surface area contributed by atoms with Crippen LogP contribution < -0.4 is 10.6 Å². The van der Waals surface area contributed by atoms with E-state index >= 15 is 0 Å². The summed E-state index contributed by atoms with van der Waals surface area (Å²) in [4.78, 5) is 6.50. The number of aromatic nitrogens is 1. The quantitative estimate of drug-likeness (QED) is 0.860. The molecule has 4 heteroatoms. The monoisotopic (exact) mass is 230 g/mol. The van der Waals surface area contributed by atoms with Gasteiger partial charge in [0.15, 0.2) is 5.82 Å². The molecule has 0 spiro atoms. The molecule has 90 valence electrons. The first-order valence-electron chi connectivity index (χ1n) is 6.15. The molecule has 2 rings (SSSR count). The van der Waals surface area contributed by atoms with Gasteiger partial charge in [0.2, 0.25) is 0 Å². The fourth-order valence-electron chi connectivity index (χ4n) is 2.16. The van der Waals surface area contributed by atoms with Gasteiger partial charge in [0, 0.05) is 19.3 Å². The van der Waals surface area contributed by atoms with E-state index in [1.54, 1.807) is 12.3 Å². The molecule has 0 amide bonds. The van der Waals surface area contributed by atoms with E-state index in [4.69, 9.17) is 11.0 Å². The summed E-state index contributed by atoms with van der Waals surface area (Å²) in [5, 5.41) is 8.96. The van der Waals surface area contributed by atoms with Crippen LogP contribution in [0.4, 0.5) is 11.5 Å². The average Bonchev–Trinajstić information content (AvgIpc) is 2.29. The first-order chi connectivity index (χ1) is 8.26. The van der Waals surface area contributed by atoms with Gasteiger partial charge in [0.1, 0.15) is 6.07 Å². The second-order valence-corrected chi connectivity index (χ2v) is 4.54. The molecule has 0 bridgehead atoms. The van der Waals surface area contributed by atoms with Crippen LogP contribution in [0, 0.1) is 17.2 Å². The summed E-state index contributed by atoms with van der Waals surface area (Å²) in [6.45, 7) is 3.98. The second-order valence-electron chi connectivity index (χ2n) is 4.54. The third kappa shape index (κ3) is 2.33. The number of hydrogen-bond donors (Lipinski definition) is 1. The average molecular weight is 230 g/mol. The van der Waals surface area contributed by atoms with Crippen LogP contribution in [0.15, 0.2) is 12.3 Å². The normalized spacial score (nSPS) is 15.1. The van der Waals surface area contributed by atoms with Crippen LogP contribution in [-0.2, 0) is 0 Å². The summed E-state index contributed by atoms with van der Waals surface area (Å²) < 4.78 is 0. The summed E-state index contributed by atoms with van der Waals surface area (Å²) in [5.74, 6) is 1.53. The van der Waals surface area contributed by atoms with Crippen molar-refractivity contribution in [2.45, 2.75) is 26.2 Å². The number of rotatable bonds is 4. The minimum absolute atomic E-state index is 0.510. The minimum Gasteiger partial charge on any atom is -0.395 e. The zero-order valence-electron chi connectivity index (χ0n) is 10.2. The van der Waals surface area contributed by atoms with Gasteiger partial charge in [-0.2, -0.15) is 5.26 Å². The van der Waals surface area contributed by atoms with Gasteiger partial charge < -0.3 is 10.6 Å². The Morgan fingerprint density at radius 3 is 2.88 bits per heavy atom. The number of nitrogens with zero attached hydrogens (tertiary/aromatic N) is 3. The highest BCUT2D eigenvalue weighted by molar-refractivity contribution is 5.69. The lowest BCUT2D eigenvalue weighted by atomic mass is 9.85. The first-order valence-corrected chi connectivity index (χ1v) is 6.15. The second kappa shape index (κ2) is 5.05. The highest BCUT2D eigenvalue weighted by Gasteiger charge is 2.22. The predicted molar refractivity (Wildman–Crippen MR) is 68.6 cm³/mol. The molecule has 1 aromatic rings. The highest BCUT2D eigenvalue weighted by Crippen LogP contribution is 2.30. The van der Waals surface area contributed by atoms with E-state index in [1.807, 2.05) is 0 Å². The molecule has 1 saturated carbocycles. The standard InChI is InChI=1S/C13H18N4/c1-2-17(9-10-4-3-5-10)13-12(15)11(8-14)6-7-16-13/h6-7,10H,2-5,9,15H2,1H3. The Bertz CT molecular complexity index is 432. The third-order valence-electron chi connectivity index (χ3n) is 3.47. The number of pyridine rings is 1. The number of hydrogen-bond acceptors (Lipinski definition) is 4. The molecule has 1 fully saturated rings. The van der Waals surface area contributed by atoms with Crippen molar-refractivity contribution in [3.8, 4) is 6.07 Å². The fourth-order valence-corrected chi connectivity index (χ4v) is 2.16. The summed E-state index contributed by atoms with van der Waals surface area (Å²) in [7, 11) is 0. The van der Waals surface area contributed by atoms with Crippen LogP contribution >= 0.6 is 0 Å². The van der Waals surface area contributed by atoms with E-state index in [2.05, 4.69) is 22.9 Å². The van der Waals surface area contributed by atoms with Gasteiger partial charge in [-0.25, -0.2) is 4.98 Å². The molecule has 1 aliphatic carbocycles. The molecular formula is C13H18N4. The smallest absolute Gasteiger partial charge is 0.153 e. The zero-order valence-corrected chi connectivity index (χ0v) is 10.2. The van der Waals surface area contributed by atoms with E-state index < -0.39 is 0 Å². The van der Waals surface area contributed by atoms with Crippen LogP contribution in [0.5, 0.6) is 0 Å². The molecule has 0 unspecified atom stereocenters. The van der Waals surface area contributed by atoms with Crippen LogP contribution in [0.3, 0.4) is 0 Å². The maximum atomic E-state index is 8.96. The van der Waals surface area contributed by atoms with Crippen molar-refractivity contribution in [1.29, 1.82) is 5.26 Å². The first kappa shape index (κ1) is 11.7. The summed E-state index contributed by atoms with van der Waals surface area (Å²) in [6, 6.07) is 3.77. The molecule has 2 N–H and O–H groups in total. The van der Waals surface area contributed by atoms with E-state index in [0.717, 1.165) is 24.8 Å². The number of nitrogen functional groups attached to an aromatic ring is 1. The van der Waals surface area contributed by atoms with Gasteiger partial charge in [-0.1, -0.05) is 6.42 Å². The number of anilines is 2. The van der Waals surface area contributed by atoms with E-state index in [9.17, 15) is 0 Å². The van der Waals surface area contributed by atoms with Gasteiger partial charge >= 0.3 is 0 Å². The molecule has 0 saturated heterocycles. The van der Waals surface area contributed by atoms with Crippen molar-refractivity contribution in [2.24, 2.45) is 5.92 Å². The maximum Gasteiger partial charge on any atom is 0.153 e. The topological polar surface area (TPSA) is 65.9 Å². The fraction of sp³-hybridized carbons (Fsp3) is 0.538. The van der Waals surface area contributed by atoms with E-state index in [0.29, 0.717) is 11.3 Å². The minimum atomic E-state index is 0.510. The van der Waals surface area contributed by atoms with Crippen molar-refractivity contribution in [1.82, 2.24) is 4.98 Å². The molecule has 4 nitrogen and oxygen atoms in total. The Kier molecular flexibility index (Phi) is 3.48. The molecular weight excluding hydrogens is 212 g/mol. The van der Waals surface area contributed by atoms with Crippen molar-refractivity contribution in [2.75, 3.05) is 23.7 Å². The maximum absolute atomic E-state index is 8.96. The Labute approximate surface area is 102 Å². The Morgan fingerprint density at radius 2 is 2.35 bits per heavy atom. The van der Waals surface area contributed by atoms with Crippen molar-refractivity contribution in [3.05, 3.63) is 17.8 Å². The van der Waals surface area contributed by atoms with Crippen molar-refractivity contribution < 1.29 is 0 Å². The van der Waals surface area contributed by atoms with Gasteiger partial charge in [-0.15, -0.1) is 0 Å². The SMILES string of the molecule is CCN(CC1CCC1)c1nccc(C#N)c1N. The van der Waals surface area contributed by atoms with Gasteiger partial charge in [0.25, 0.3) is 0 Å². The molecule has 17 heavy (non-hydrogen) atoms. The molecule has 1 aliphatic rings. The lowest BCUT2D eigenvalue weighted by Gasteiger charge is -2.33. The number of nitrogens with two attached hydrogens (primary N) is 1. The van der Waals surface area contributed by atoms with Gasteiger partial charge in [-0.05, 0) is 31.7 Å². The van der Waals surface area contributed by atoms with Crippen LogP contribution in [-0.4, -0.2) is 18.1 Å². The predicted octanol–water partition coefficient (Wildman–Crippen LogP) is 2.16. The Balaban J connectivity index is 2.20. The molecule has 0 radical (unpaired) electrons. The third-order valence-corrected chi connectivity index (χ3v) is 3.47. The highest BCUT2D eigenvalue weighted by atomic mass is 15.2. The van der Waals surface area contributed by atoms with Gasteiger partial charge in [0.05, 0.1) is 11.3 Å². The Morgan fingerprint density at radius 1 is 1.59 bits per heavy atom. The summed E-state index contributed by atoms with van der Waals surface area (Å²) in [5.41, 5.74) is 7.00. The van der Waals surface area contributed by atoms with Crippen LogP contribution in [0.25, 0.3) is 0 Å². The van der Waals surface area contributed by atoms with Gasteiger partial charge in [-0.3, -0.25) is 0 Å². The largest absolute Gasteiger partial charge is 0.395 e. The summed E-state index contributed by atoms with van der Waals surface area (Å²) in [6.07, 6.45) is 5.60. The molecule has 1 aromatic heterocycles. The molecule has 1 heterocycles. The lowest BCUT2D eigenvalue weighted by Crippen LogP contribution is -2.33. The number of nitriles is 1. The van der Waals surface area contributed by atoms with E-state index in [-0.39, 0.29) is 0 Å².